The molecule has 4 heteroatoms. The van der Waals surface area contributed by atoms with Crippen molar-refractivity contribution in [1.29, 1.82) is 0 Å². The lowest BCUT2D eigenvalue weighted by Crippen LogP contribution is -2.31. The largest absolute Gasteiger partial charge is 0.396 e. The van der Waals surface area contributed by atoms with Crippen molar-refractivity contribution in [2.75, 3.05) is 33.8 Å². The Hall–Kier alpha value is -0.610. The molecule has 0 aliphatic heterocycles. The second kappa shape index (κ2) is 8.01. The molecule has 0 aromatic rings. The Morgan fingerprint density at radius 1 is 1.38 bits per heavy atom. The van der Waals surface area contributed by atoms with E-state index in [0.29, 0.717) is 19.4 Å². The van der Waals surface area contributed by atoms with E-state index in [1.807, 2.05) is 19.0 Å². The molecule has 0 spiro atoms. The molecule has 0 saturated carbocycles. The van der Waals surface area contributed by atoms with Gasteiger partial charge in [0, 0.05) is 26.1 Å². The van der Waals surface area contributed by atoms with Gasteiger partial charge in [0.15, 0.2) is 0 Å². The van der Waals surface area contributed by atoms with Crippen LogP contribution >= 0.6 is 0 Å². The van der Waals surface area contributed by atoms with E-state index in [9.17, 15) is 4.79 Å². The quantitative estimate of drug-likeness (QED) is 0.545. The highest BCUT2D eigenvalue weighted by Gasteiger charge is 1.99. The Morgan fingerprint density at radius 2 is 2.08 bits per heavy atom. The van der Waals surface area contributed by atoms with Crippen molar-refractivity contribution in [3.63, 3.8) is 0 Å². The number of aliphatic hydroxyl groups is 1. The number of hydrogen-bond acceptors (Lipinski definition) is 3. The zero-order chi connectivity index (χ0) is 10.1. The summed E-state index contributed by atoms with van der Waals surface area (Å²) in [4.78, 5) is 13.1. The van der Waals surface area contributed by atoms with Gasteiger partial charge in [-0.2, -0.15) is 0 Å². The summed E-state index contributed by atoms with van der Waals surface area (Å²) in [7, 11) is 3.94. The van der Waals surface area contributed by atoms with Gasteiger partial charge in [-0.25, -0.2) is 0 Å². The van der Waals surface area contributed by atoms with E-state index in [2.05, 4.69) is 5.32 Å². The SMILES string of the molecule is CN(C)CCNC(=O)CCCCO. The van der Waals surface area contributed by atoms with Gasteiger partial charge in [0.25, 0.3) is 0 Å². The van der Waals surface area contributed by atoms with Gasteiger partial charge in [0.2, 0.25) is 5.91 Å². The molecule has 1 amide bonds. The van der Waals surface area contributed by atoms with Gasteiger partial charge in [0.05, 0.1) is 0 Å². The second-order valence-corrected chi connectivity index (χ2v) is 3.33. The molecule has 0 heterocycles. The van der Waals surface area contributed by atoms with Crippen LogP contribution in [0.15, 0.2) is 0 Å². The normalized spacial score (nSPS) is 10.5. The first-order chi connectivity index (χ1) is 6.16. The van der Waals surface area contributed by atoms with Crippen molar-refractivity contribution >= 4 is 5.91 Å². The first-order valence-electron chi connectivity index (χ1n) is 4.69. The molecular formula is C9H20N2O2. The van der Waals surface area contributed by atoms with E-state index in [-0.39, 0.29) is 12.5 Å². The zero-order valence-electron chi connectivity index (χ0n) is 8.55. The van der Waals surface area contributed by atoms with Gasteiger partial charge < -0.3 is 15.3 Å². The molecule has 0 atom stereocenters. The Labute approximate surface area is 79.9 Å². The number of nitrogens with one attached hydrogen (secondary N) is 1. The summed E-state index contributed by atoms with van der Waals surface area (Å²) < 4.78 is 0. The third-order valence-electron chi connectivity index (χ3n) is 1.69. The average Bonchev–Trinajstić information content (AvgIpc) is 2.04. The maximum absolute atomic E-state index is 11.1. The van der Waals surface area contributed by atoms with Gasteiger partial charge >= 0.3 is 0 Å². The van der Waals surface area contributed by atoms with Crippen LogP contribution in [0.4, 0.5) is 0 Å². The van der Waals surface area contributed by atoms with Gasteiger partial charge in [0.1, 0.15) is 0 Å². The number of carbonyl (C=O) groups excluding carboxylic acids is 1. The lowest BCUT2D eigenvalue weighted by Gasteiger charge is -2.09. The summed E-state index contributed by atoms with van der Waals surface area (Å²) in [6.45, 7) is 1.74. The van der Waals surface area contributed by atoms with Crippen molar-refractivity contribution in [3.8, 4) is 0 Å². The molecule has 0 aliphatic rings. The summed E-state index contributed by atoms with van der Waals surface area (Å²) >= 11 is 0. The van der Waals surface area contributed by atoms with Crippen LogP contribution in [0.5, 0.6) is 0 Å². The predicted molar refractivity (Wildman–Crippen MR) is 52.5 cm³/mol. The average molecular weight is 188 g/mol. The van der Waals surface area contributed by atoms with Crippen molar-refractivity contribution in [2.24, 2.45) is 0 Å². The number of rotatable bonds is 7. The number of carbonyl (C=O) groups is 1. The van der Waals surface area contributed by atoms with Crippen molar-refractivity contribution in [2.45, 2.75) is 19.3 Å². The number of amides is 1. The number of unbranched alkanes of at least 4 members (excludes halogenated alkanes) is 1. The Balaban J connectivity index is 3.20. The summed E-state index contributed by atoms with van der Waals surface area (Å²) in [6, 6.07) is 0. The molecule has 2 N–H and O–H groups in total. The van der Waals surface area contributed by atoms with Crippen LogP contribution < -0.4 is 5.32 Å². The van der Waals surface area contributed by atoms with Gasteiger partial charge in [-0.15, -0.1) is 0 Å². The van der Waals surface area contributed by atoms with Gasteiger partial charge in [-0.1, -0.05) is 0 Å². The Kier molecular flexibility index (Phi) is 7.63. The minimum atomic E-state index is 0.0790. The summed E-state index contributed by atoms with van der Waals surface area (Å²) in [5.41, 5.74) is 0. The van der Waals surface area contributed by atoms with Crippen LogP contribution in [-0.2, 0) is 4.79 Å². The van der Waals surface area contributed by atoms with E-state index in [0.717, 1.165) is 13.0 Å². The fourth-order valence-corrected chi connectivity index (χ4v) is 0.905. The van der Waals surface area contributed by atoms with E-state index in [1.165, 1.54) is 0 Å². The van der Waals surface area contributed by atoms with E-state index in [1.54, 1.807) is 0 Å². The molecule has 0 fully saturated rings. The molecule has 0 radical (unpaired) electrons. The highest BCUT2D eigenvalue weighted by atomic mass is 16.2. The molecule has 0 saturated heterocycles. The predicted octanol–water partition coefficient (Wildman–Crippen LogP) is -0.173. The second-order valence-electron chi connectivity index (χ2n) is 3.33. The smallest absolute Gasteiger partial charge is 0.220 e. The number of nitrogens with zero attached hydrogens (tertiary/aromatic N) is 1. The van der Waals surface area contributed by atoms with Crippen LogP contribution in [-0.4, -0.2) is 49.7 Å². The lowest BCUT2D eigenvalue weighted by atomic mass is 10.2. The zero-order valence-corrected chi connectivity index (χ0v) is 8.55. The van der Waals surface area contributed by atoms with Crippen LogP contribution in [0.3, 0.4) is 0 Å². The fraction of sp³-hybridized carbons (Fsp3) is 0.889. The van der Waals surface area contributed by atoms with Crippen molar-refractivity contribution < 1.29 is 9.90 Å². The topological polar surface area (TPSA) is 52.6 Å². The van der Waals surface area contributed by atoms with Crippen molar-refractivity contribution in [3.05, 3.63) is 0 Å². The number of aliphatic hydroxyl groups excluding tert-OH is 1. The van der Waals surface area contributed by atoms with E-state index in [4.69, 9.17) is 5.11 Å². The highest BCUT2D eigenvalue weighted by Crippen LogP contribution is 1.93. The van der Waals surface area contributed by atoms with Crippen LogP contribution in [0.2, 0.25) is 0 Å². The number of hydrogen-bond donors (Lipinski definition) is 2. The Morgan fingerprint density at radius 3 is 2.62 bits per heavy atom. The molecule has 0 rings (SSSR count). The maximum Gasteiger partial charge on any atom is 0.220 e. The molecular weight excluding hydrogens is 168 g/mol. The molecule has 0 unspecified atom stereocenters. The van der Waals surface area contributed by atoms with Crippen LogP contribution in [0.1, 0.15) is 19.3 Å². The molecule has 0 aliphatic carbocycles. The van der Waals surface area contributed by atoms with Crippen molar-refractivity contribution in [1.82, 2.24) is 10.2 Å². The maximum atomic E-state index is 11.1. The lowest BCUT2D eigenvalue weighted by molar-refractivity contribution is -0.121. The molecule has 13 heavy (non-hydrogen) atoms. The van der Waals surface area contributed by atoms with Gasteiger partial charge in [-0.05, 0) is 26.9 Å². The van der Waals surface area contributed by atoms with Crippen LogP contribution in [0, 0.1) is 0 Å². The standard InChI is InChI=1S/C9H20N2O2/c1-11(2)7-6-10-9(13)5-3-4-8-12/h12H,3-8H2,1-2H3,(H,10,13). The first-order valence-corrected chi connectivity index (χ1v) is 4.69. The summed E-state index contributed by atoms with van der Waals surface area (Å²) in [6.07, 6.45) is 2.00. The summed E-state index contributed by atoms with van der Waals surface area (Å²) in [5.74, 6) is 0.0790. The minimum Gasteiger partial charge on any atom is -0.396 e. The van der Waals surface area contributed by atoms with E-state index >= 15 is 0 Å². The first kappa shape index (κ1) is 12.4. The number of likely N-dealkylation sites (N-methyl/N-ethyl adjacent to an activating group) is 1. The summed E-state index contributed by atoms with van der Waals surface area (Å²) in [5, 5.41) is 11.3. The molecule has 0 aromatic heterocycles. The molecule has 0 aromatic carbocycles. The Bertz CT molecular complexity index is 138. The third kappa shape index (κ3) is 9.30. The van der Waals surface area contributed by atoms with Crippen LogP contribution in [0.25, 0.3) is 0 Å². The highest BCUT2D eigenvalue weighted by molar-refractivity contribution is 5.75. The van der Waals surface area contributed by atoms with Gasteiger partial charge in [-0.3, -0.25) is 4.79 Å². The monoisotopic (exact) mass is 188 g/mol. The minimum absolute atomic E-state index is 0.0790. The van der Waals surface area contributed by atoms with E-state index < -0.39 is 0 Å². The fourth-order valence-electron chi connectivity index (χ4n) is 0.905. The molecule has 78 valence electrons. The molecule has 4 nitrogen and oxygen atoms in total. The third-order valence-corrected chi connectivity index (χ3v) is 1.69. The molecule has 0 bridgehead atoms.